The molecule has 4 heteroatoms. The van der Waals surface area contributed by atoms with Gasteiger partial charge in [-0.1, -0.05) is 52.0 Å². The minimum absolute atomic E-state index is 0.291. The van der Waals surface area contributed by atoms with Crippen molar-refractivity contribution in [3.05, 3.63) is 58.7 Å². The molecule has 172 valence electrons. The molecule has 0 amide bonds. The molecular weight excluding hydrogens is 388 g/mol. The van der Waals surface area contributed by atoms with Gasteiger partial charge in [-0.05, 0) is 49.9 Å². The Labute approximate surface area is 188 Å². The van der Waals surface area contributed by atoms with Crippen LogP contribution >= 0.6 is 0 Å². The zero-order chi connectivity index (χ0) is 22.7. The first-order chi connectivity index (χ1) is 14.9. The lowest BCUT2D eigenvalue weighted by molar-refractivity contribution is 0.0992. The minimum Gasteiger partial charge on any atom is -0.491 e. The highest BCUT2D eigenvalue weighted by Crippen LogP contribution is 2.42. The number of rotatable bonds is 14. The van der Waals surface area contributed by atoms with E-state index in [0.29, 0.717) is 26.4 Å². The van der Waals surface area contributed by atoms with Gasteiger partial charge in [0.2, 0.25) is 0 Å². The van der Waals surface area contributed by atoms with Gasteiger partial charge in [0.15, 0.2) is 0 Å². The SMILES string of the molecule is CCCOCCOc1cc(C)ccc1C(C)(C)c1ccc(C)cc1OCCOCCC. The largest absolute Gasteiger partial charge is 0.491 e. The fourth-order valence-electron chi connectivity index (χ4n) is 3.59. The number of benzene rings is 2. The molecule has 0 spiro atoms. The molecule has 0 N–H and O–H groups in total. The topological polar surface area (TPSA) is 36.9 Å². The van der Waals surface area contributed by atoms with Gasteiger partial charge in [0.25, 0.3) is 0 Å². The molecule has 31 heavy (non-hydrogen) atoms. The molecule has 0 bridgehead atoms. The van der Waals surface area contributed by atoms with Gasteiger partial charge in [0.1, 0.15) is 24.7 Å². The Kier molecular flexibility index (Phi) is 10.4. The van der Waals surface area contributed by atoms with E-state index >= 15 is 0 Å². The summed E-state index contributed by atoms with van der Waals surface area (Å²) in [6.07, 6.45) is 2.03. The van der Waals surface area contributed by atoms with E-state index in [-0.39, 0.29) is 5.41 Å². The van der Waals surface area contributed by atoms with Gasteiger partial charge in [-0.3, -0.25) is 0 Å². The molecular formula is C27H40O4. The molecule has 0 saturated heterocycles. The van der Waals surface area contributed by atoms with E-state index in [9.17, 15) is 0 Å². The third-order valence-corrected chi connectivity index (χ3v) is 5.29. The normalized spacial score (nSPS) is 11.5. The third kappa shape index (κ3) is 7.55. The van der Waals surface area contributed by atoms with Crippen molar-refractivity contribution >= 4 is 0 Å². The second-order valence-electron chi connectivity index (χ2n) is 8.55. The summed E-state index contributed by atoms with van der Waals surface area (Å²) >= 11 is 0. The molecule has 4 nitrogen and oxygen atoms in total. The van der Waals surface area contributed by atoms with E-state index < -0.39 is 0 Å². The number of hydrogen-bond acceptors (Lipinski definition) is 4. The van der Waals surface area contributed by atoms with Crippen molar-refractivity contribution in [2.45, 2.75) is 59.8 Å². The highest BCUT2D eigenvalue weighted by molar-refractivity contribution is 5.52. The Morgan fingerprint density at radius 2 is 1.03 bits per heavy atom. The fraction of sp³-hybridized carbons (Fsp3) is 0.556. The lowest BCUT2D eigenvalue weighted by Crippen LogP contribution is -2.23. The Bertz CT molecular complexity index is 732. The molecule has 0 heterocycles. The number of ether oxygens (including phenoxy) is 4. The summed E-state index contributed by atoms with van der Waals surface area (Å²) in [5.74, 6) is 1.81. The zero-order valence-electron chi connectivity index (χ0n) is 20.3. The summed E-state index contributed by atoms with van der Waals surface area (Å²) in [4.78, 5) is 0. The summed E-state index contributed by atoms with van der Waals surface area (Å²) < 4.78 is 23.5. The first-order valence-corrected chi connectivity index (χ1v) is 11.5. The van der Waals surface area contributed by atoms with Crippen LogP contribution in [0.2, 0.25) is 0 Å². The Morgan fingerprint density at radius 1 is 0.613 bits per heavy atom. The molecule has 0 aliphatic rings. The van der Waals surface area contributed by atoms with Crippen LogP contribution in [0.4, 0.5) is 0 Å². The molecule has 0 aliphatic heterocycles. The quantitative estimate of drug-likeness (QED) is 0.334. The molecule has 0 fully saturated rings. The maximum Gasteiger partial charge on any atom is 0.123 e. The van der Waals surface area contributed by atoms with Crippen LogP contribution in [0.5, 0.6) is 11.5 Å². The summed E-state index contributed by atoms with van der Waals surface area (Å²) in [6.45, 7) is 16.7. The van der Waals surface area contributed by atoms with Gasteiger partial charge in [0, 0.05) is 29.8 Å². The molecule has 0 saturated carbocycles. The Balaban J connectivity index is 2.25. The maximum atomic E-state index is 6.18. The van der Waals surface area contributed by atoms with Gasteiger partial charge in [-0.2, -0.15) is 0 Å². The molecule has 0 aliphatic carbocycles. The standard InChI is InChI=1S/C27H40O4/c1-7-13-28-15-17-30-25-19-21(3)9-11-23(25)27(5,6)24-12-10-22(4)20-26(24)31-18-16-29-14-8-2/h9-12,19-20H,7-8,13-18H2,1-6H3. The van der Waals surface area contributed by atoms with Gasteiger partial charge in [-0.25, -0.2) is 0 Å². The number of aryl methyl sites for hydroxylation is 2. The van der Waals surface area contributed by atoms with Gasteiger partial charge in [0.05, 0.1) is 13.2 Å². The summed E-state index contributed by atoms with van der Waals surface area (Å²) in [6, 6.07) is 12.9. The van der Waals surface area contributed by atoms with Crippen LogP contribution in [0.1, 0.15) is 62.8 Å². The van der Waals surface area contributed by atoms with Crippen molar-refractivity contribution in [1.29, 1.82) is 0 Å². The lowest BCUT2D eigenvalue weighted by atomic mass is 9.76. The lowest BCUT2D eigenvalue weighted by Gasteiger charge is -2.30. The van der Waals surface area contributed by atoms with Crippen molar-refractivity contribution < 1.29 is 18.9 Å². The van der Waals surface area contributed by atoms with Crippen LogP contribution in [0.25, 0.3) is 0 Å². The third-order valence-electron chi connectivity index (χ3n) is 5.29. The van der Waals surface area contributed by atoms with Crippen molar-refractivity contribution in [3.8, 4) is 11.5 Å². The fourth-order valence-corrected chi connectivity index (χ4v) is 3.59. The molecule has 2 aromatic carbocycles. The van der Waals surface area contributed by atoms with Gasteiger partial charge in [-0.15, -0.1) is 0 Å². The summed E-state index contributed by atoms with van der Waals surface area (Å²) in [7, 11) is 0. The van der Waals surface area contributed by atoms with E-state index in [2.05, 4.69) is 77.9 Å². The summed E-state index contributed by atoms with van der Waals surface area (Å²) in [5.41, 5.74) is 4.35. The molecule has 0 radical (unpaired) electrons. The highest BCUT2D eigenvalue weighted by atomic mass is 16.5. The van der Waals surface area contributed by atoms with Crippen LogP contribution in [0.3, 0.4) is 0 Å². The average molecular weight is 429 g/mol. The van der Waals surface area contributed by atoms with Crippen LogP contribution in [-0.2, 0) is 14.9 Å². The predicted octanol–water partition coefficient (Wildman–Crippen LogP) is 6.24. The van der Waals surface area contributed by atoms with Crippen molar-refractivity contribution in [1.82, 2.24) is 0 Å². The van der Waals surface area contributed by atoms with E-state index in [0.717, 1.165) is 48.7 Å². The summed E-state index contributed by atoms with van der Waals surface area (Å²) in [5, 5.41) is 0. The number of hydrogen-bond donors (Lipinski definition) is 0. The van der Waals surface area contributed by atoms with E-state index in [1.54, 1.807) is 0 Å². The predicted molar refractivity (Wildman–Crippen MR) is 128 cm³/mol. The molecule has 0 unspecified atom stereocenters. The van der Waals surface area contributed by atoms with Crippen LogP contribution < -0.4 is 9.47 Å². The van der Waals surface area contributed by atoms with E-state index in [1.165, 1.54) is 11.1 Å². The highest BCUT2D eigenvalue weighted by Gasteiger charge is 2.30. The monoisotopic (exact) mass is 428 g/mol. The zero-order valence-corrected chi connectivity index (χ0v) is 20.3. The van der Waals surface area contributed by atoms with Gasteiger partial charge < -0.3 is 18.9 Å². The Hall–Kier alpha value is -2.04. The molecule has 0 atom stereocenters. The Morgan fingerprint density at radius 3 is 1.42 bits per heavy atom. The molecule has 2 rings (SSSR count). The van der Waals surface area contributed by atoms with Crippen LogP contribution in [0.15, 0.2) is 36.4 Å². The van der Waals surface area contributed by atoms with Crippen molar-refractivity contribution in [3.63, 3.8) is 0 Å². The first-order valence-electron chi connectivity index (χ1n) is 11.5. The minimum atomic E-state index is -0.291. The molecule has 2 aromatic rings. The average Bonchev–Trinajstić information content (AvgIpc) is 2.73. The van der Waals surface area contributed by atoms with Crippen LogP contribution in [0, 0.1) is 13.8 Å². The smallest absolute Gasteiger partial charge is 0.123 e. The van der Waals surface area contributed by atoms with Crippen molar-refractivity contribution in [2.75, 3.05) is 39.6 Å². The van der Waals surface area contributed by atoms with Gasteiger partial charge >= 0.3 is 0 Å². The molecule has 0 aromatic heterocycles. The first kappa shape index (κ1) is 25.2. The van der Waals surface area contributed by atoms with Crippen LogP contribution in [-0.4, -0.2) is 39.6 Å². The second kappa shape index (κ2) is 12.7. The maximum absolute atomic E-state index is 6.18. The van der Waals surface area contributed by atoms with E-state index in [1.807, 2.05) is 0 Å². The van der Waals surface area contributed by atoms with Crippen molar-refractivity contribution in [2.24, 2.45) is 0 Å². The van der Waals surface area contributed by atoms with E-state index in [4.69, 9.17) is 18.9 Å². The second-order valence-corrected chi connectivity index (χ2v) is 8.55.